The molecule has 0 aliphatic carbocycles. The van der Waals surface area contributed by atoms with E-state index in [-0.39, 0.29) is 5.41 Å². The second-order valence-corrected chi connectivity index (χ2v) is 6.20. The van der Waals surface area contributed by atoms with Gasteiger partial charge in [-0.1, -0.05) is 62.7 Å². The summed E-state index contributed by atoms with van der Waals surface area (Å²) < 4.78 is 0. The van der Waals surface area contributed by atoms with Gasteiger partial charge in [0.1, 0.15) is 16.8 Å². The first kappa shape index (κ1) is 14.8. The quantitative estimate of drug-likeness (QED) is 0.862. The van der Waals surface area contributed by atoms with Crippen LogP contribution in [0, 0.1) is 0 Å². The lowest BCUT2D eigenvalue weighted by Gasteiger charge is -2.17. The highest BCUT2D eigenvalue weighted by Crippen LogP contribution is 2.22. The van der Waals surface area contributed by atoms with E-state index < -0.39 is 0 Å². The largest absolute Gasteiger partial charge is 0.370 e. The molecular weight excluding hydrogens is 270 g/mol. The number of halogens is 1. The molecule has 1 aromatic carbocycles. The third-order valence-corrected chi connectivity index (χ3v) is 3.12. The number of rotatable bonds is 4. The van der Waals surface area contributed by atoms with E-state index in [9.17, 15) is 0 Å². The van der Waals surface area contributed by atoms with Crippen LogP contribution in [0.2, 0.25) is 5.15 Å². The van der Waals surface area contributed by atoms with Gasteiger partial charge in [0, 0.05) is 18.0 Å². The second-order valence-electron chi connectivity index (χ2n) is 5.81. The van der Waals surface area contributed by atoms with Gasteiger partial charge in [0.2, 0.25) is 0 Å². The van der Waals surface area contributed by atoms with Gasteiger partial charge >= 0.3 is 0 Å². The van der Waals surface area contributed by atoms with E-state index in [4.69, 9.17) is 11.6 Å². The van der Waals surface area contributed by atoms with Gasteiger partial charge in [-0.05, 0) is 12.0 Å². The standard InChI is InChI=1S/C16H20ClN3/c1-16(2,3)15-19-13(17)11-14(20-15)18-10-9-12-7-5-4-6-8-12/h4-8,11H,9-10H2,1-3H3,(H,18,19,20). The van der Waals surface area contributed by atoms with Crippen LogP contribution in [0.1, 0.15) is 32.2 Å². The molecule has 1 heterocycles. The highest BCUT2D eigenvalue weighted by Gasteiger charge is 2.18. The molecule has 0 amide bonds. The minimum atomic E-state index is -0.110. The van der Waals surface area contributed by atoms with Crippen molar-refractivity contribution in [2.45, 2.75) is 32.6 Å². The fraction of sp³-hybridized carbons (Fsp3) is 0.375. The van der Waals surface area contributed by atoms with E-state index in [1.165, 1.54) is 5.56 Å². The van der Waals surface area contributed by atoms with E-state index in [0.717, 1.165) is 24.6 Å². The van der Waals surface area contributed by atoms with E-state index >= 15 is 0 Å². The van der Waals surface area contributed by atoms with Gasteiger partial charge in [-0.25, -0.2) is 9.97 Å². The normalized spacial score (nSPS) is 11.4. The van der Waals surface area contributed by atoms with Gasteiger partial charge < -0.3 is 5.32 Å². The maximum absolute atomic E-state index is 6.06. The Hall–Kier alpha value is -1.61. The highest BCUT2D eigenvalue weighted by atomic mass is 35.5. The second kappa shape index (κ2) is 6.23. The van der Waals surface area contributed by atoms with Crippen LogP contribution in [-0.4, -0.2) is 16.5 Å². The van der Waals surface area contributed by atoms with Crippen molar-refractivity contribution >= 4 is 17.4 Å². The summed E-state index contributed by atoms with van der Waals surface area (Å²) in [4.78, 5) is 8.82. The van der Waals surface area contributed by atoms with Crippen molar-refractivity contribution in [3.8, 4) is 0 Å². The first-order valence-corrected chi connectivity index (χ1v) is 7.16. The van der Waals surface area contributed by atoms with Crippen LogP contribution in [0.5, 0.6) is 0 Å². The molecule has 4 heteroatoms. The molecule has 106 valence electrons. The van der Waals surface area contributed by atoms with Crippen LogP contribution in [0.4, 0.5) is 5.82 Å². The van der Waals surface area contributed by atoms with E-state index in [0.29, 0.717) is 5.15 Å². The summed E-state index contributed by atoms with van der Waals surface area (Å²) in [5.74, 6) is 1.54. The topological polar surface area (TPSA) is 37.8 Å². The molecule has 0 saturated carbocycles. The Morgan fingerprint density at radius 3 is 2.45 bits per heavy atom. The average molecular weight is 290 g/mol. The molecule has 1 aromatic heterocycles. The molecule has 2 aromatic rings. The SMILES string of the molecule is CC(C)(C)c1nc(Cl)cc(NCCc2ccccc2)n1. The molecule has 0 unspecified atom stereocenters. The first-order chi connectivity index (χ1) is 9.45. The number of benzene rings is 1. The third kappa shape index (κ3) is 4.20. The van der Waals surface area contributed by atoms with Crippen molar-refractivity contribution in [1.82, 2.24) is 9.97 Å². The number of anilines is 1. The van der Waals surface area contributed by atoms with Gasteiger partial charge in [-0.2, -0.15) is 0 Å². The number of hydrogen-bond acceptors (Lipinski definition) is 3. The lowest BCUT2D eigenvalue weighted by molar-refractivity contribution is 0.546. The Kier molecular flexibility index (Phi) is 4.61. The summed E-state index contributed by atoms with van der Waals surface area (Å²) in [6.45, 7) is 7.05. The Morgan fingerprint density at radius 1 is 1.10 bits per heavy atom. The molecule has 0 spiro atoms. The van der Waals surface area contributed by atoms with Crippen LogP contribution in [0.3, 0.4) is 0 Å². The lowest BCUT2D eigenvalue weighted by Crippen LogP contribution is -2.17. The van der Waals surface area contributed by atoms with Crippen LogP contribution in [0.25, 0.3) is 0 Å². The summed E-state index contributed by atoms with van der Waals surface area (Å²) in [7, 11) is 0. The molecule has 0 radical (unpaired) electrons. The zero-order chi connectivity index (χ0) is 14.6. The zero-order valence-electron chi connectivity index (χ0n) is 12.2. The van der Waals surface area contributed by atoms with Gasteiger partial charge in [-0.15, -0.1) is 0 Å². The molecule has 0 fully saturated rings. The first-order valence-electron chi connectivity index (χ1n) is 6.78. The van der Waals surface area contributed by atoms with Crippen LogP contribution in [0.15, 0.2) is 36.4 Å². The minimum Gasteiger partial charge on any atom is -0.370 e. The molecule has 0 saturated heterocycles. The molecule has 2 rings (SSSR count). The predicted octanol–water partition coefficient (Wildman–Crippen LogP) is 4.08. The summed E-state index contributed by atoms with van der Waals surface area (Å²) >= 11 is 6.06. The summed E-state index contributed by atoms with van der Waals surface area (Å²) in [5.41, 5.74) is 1.19. The number of aromatic nitrogens is 2. The maximum Gasteiger partial charge on any atom is 0.137 e. The van der Waals surface area contributed by atoms with Crippen molar-refractivity contribution in [1.29, 1.82) is 0 Å². The fourth-order valence-corrected chi connectivity index (χ4v) is 2.01. The minimum absolute atomic E-state index is 0.110. The van der Waals surface area contributed by atoms with Crippen molar-refractivity contribution in [2.24, 2.45) is 0 Å². The smallest absolute Gasteiger partial charge is 0.137 e. The molecule has 0 bridgehead atoms. The molecular formula is C16H20ClN3. The zero-order valence-corrected chi connectivity index (χ0v) is 12.9. The van der Waals surface area contributed by atoms with Crippen LogP contribution < -0.4 is 5.32 Å². The van der Waals surface area contributed by atoms with Crippen LogP contribution >= 0.6 is 11.6 Å². The Morgan fingerprint density at radius 2 is 1.80 bits per heavy atom. The summed E-state index contributed by atoms with van der Waals surface area (Å²) in [5, 5.41) is 3.79. The highest BCUT2D eigenvalue weighted by molar-refractivity contribution is 6.29. The number of nitrogens with zero attached hydrogens (tertiary/aromatic N) is 2. The van der Waals surface area contributed by atoms with Gasteiger partial charge in [0.25, 0.3) is 0 Å². The molecule has 0 aliphatic heterocycles. The Balaban J connectivity index is 2.01. The number of hydrogen-bond donors (Lipinski definition) is 1. The molecule has 0 atom stereocenters. The third-order valence-electron chi connectivity index (χ3n) is 2.93. The van der Waals surface area contributed by atoms with Crippen molar-refractivity contribution in [2.75, 3.05) is 11.9 Å². The summed E-state index contributed by atoms with van der Waals surface area (Å²) in [6, 6.07) is 12.1. The van der Waals surface area contributed by atoms with Crippen LogP contribution in [-0.2, 0) is 11.8 Å². The van der Waals surface area contributed by atoms with Gasteiger partial charge in [0.15, 0.2) is 0 Å². The molecule has 1 N–H and O–H groups in total. The molecule has 20 heavy (non-hydrogen) atoms. The lowest BCUT2D eigenvalue weighted by atomic mass is 9.96. The van der Waals surface area contributed by atoms with E-state index in [1.807, 2.05) is 6.07 Å². The molecule has 3 nitrogen and oxygen atoms in total. The monoisotopic (exact) mass is 289 g/mol. The Labute approximate surface area is 125 Å². The number of nitrogens with one attached hydrogen (secondary N) is 1. The molecule has 0 aliphatic rings. The van der Waals surface area contributed by atoms with Crippen molar-refractivity contribution in [3.05, 3.63) is 52.9 Å². The fourth-order valence-electron chi connectivity index (χ4n) is 1.82. The van der Waals surface area contributed by atoms with Gasteiger partial charge in [-0.3, -0.25) is 0 Å². The van der Waals surface area contributed by atoms with Crippen molar-refractivity contribution in [3.63, 3.8) is 0 Å². The average Bonchev–Trinajstić information content (AvgIpc) is 2.38. The predicted molar refractivity (Wildman–Crippen MR) is 84.4 cm³/mol. The van der Waals surface area contributed by atoms with E-state index in [2.05, 4.69) is 60.3 Å². The van der Waals surface area contributed by atoms with Crippen molar-refractivity contribution < 1.29 is 0 Å². The summed E-state index contributed by atoms with van der Waals surface area (Å²) in [6.07, 6.45) is 0.952. The van der Waals surface area contributed by atoms with Gasteiger partial charge in [0.05, 0.1) is 0 Å². The Bertz CT molecular complexity index is 562. The van der Waals surface area contributed by atoms with E-state index in [1.54, 1.807) is 6.07 Å². The maximum atomic E-state index is 6.06.